The van der Waals surface area contributed by atoms with Crippen LogP contribution in [0.15, 0.2) is 36.5 Å². The first-order valence-electron chi connectivity index (χ1n) is 8.34. The number of carbonyl (C=O) groups is 1. The third-order valence-corrected chi connectivity index (χ3v) is 4.15. The Hall–Kier alpha value is -2.36. The molecule has 2 aromatic rings. The van der Waals surface area contributed by atoms with Gasteiger partial charge in [0.15, 0.2) is 0 Å². The molecule has 1 aliphatic rings. The molecule has 1 aromatic heterocycles. The van der Waals surface area contributed by atoms with E-state index in [1.807, 2.05) is 39.0 Å². The number of fused-ring (bicyclic) bond motifs is 1. The highest BCUT2D eigenvalue weighted by atomic mass is 16.5. The van der Waals surface area contributed by atoms with Crippen molar-refractivity contribution in [3.8, 4) is 17.0 Å². The third kappa shape index (κ3) is 3.42. The Bertz CT molecular complexity index is 748. The van der Waals surface area contributed by atoms with Crippen LogP contribution in [0.4, 0.5) is 0 Å². The van der Waals surface area contributed by atoms with E-state index in [1.165, 1.54) is 11.1 Å². The molecule has 0 aliphatic carbocycles. The molecule has 1 aromatic carbocycles. The molecule has 0 bridgehead atoms. The van der Waals surface area contributed by atoms with E-state index in [-0.39, 0.29) is 17.4 Å². The van der Waals surface area contributed by atoms with Gasteiger partial charge in [-0.05, 0) is 36.2 Å². The quantitative estimate of drug-likeness (QED) is 0.940. The van der Waals surface area contributed by atoms with Gasteiger partial charge in [-0.15, -0.1) is 0 Å². The highest BCUT2D eigenvalue weighted by Crippen LogP contribution is 2.39. The Morgan fingerprint density at radius 2 is 2.12 bits per heavy atom. The summed E-state index contributed by atoms with van der Waals surface area (Å²) < 4.78 is 6.16. The Labute approximate surface area is 143 Å². The third-order valence-electron chi connectivity index (χ3n) is 4.15. The van der Waals surface area contributed by atoms with E-state index >= 15 is 0 Å². The number of nitrogens with zero attached hydrogens (tertiary/aromatic N) is 1. The van der Waals surface area contributed by atoms with Crippen molar-refractivity contribution in [1.29, 1.82) is 0 Å². The first kappa shape index (κ1) is 16.5. The van der Waals surface area contributed by atoms with Gasteiger partial charge in [0.25, 0.3) is 0 Å². The zero-order chi connectivity index (χ0) is 17.3. The van der Waals surface area contributed by atoms with Crippen LogP contribution < -0.4 is 10.1 Å². The van der Waals surface area contributed by atoms with Crippen LogP contribution >= 0.6 is 0 Å². The van der Waals surface area contributed by atoms with Gasteiger partial charge in [-0.3, -0.25) is 9.78 Å². The monoisotopic (exact) mass is 324 g/mol. The zero-order valence-corrected chi connectivity index (χ0v) is 14.7. The maximum atomic E-state index is 12.1. The Kier molecular flexibility index (Phi) is 4.31. The van der Waals surface area contributed by atoms with E-state index in [9.17, 15) is 4.79 Å². The Morgan fingerprint density at radius 3 is 2.79 bits per heavy atom. The minimum absolute atomic E-state index is 0.0319. The fourth-order valence-electron chi connectivity index (χ4n) is 2.89. The molecule has 3 rings (SSSR count). The summed E-state index contributed by atoms with van der Waals surface area (Å²) in [5.41, 5.74) is 3.93. The number of rotatable bonds is 3. The highest BCUT2D eigenvalue weighted by molar-refractivity contribution is 5.81. The van der Waals surface area contributed by atoms with Crippen LogP contribution in [0, 0.1) is 12.3 Å². The van der Waals surface area contributed by atoms with Crippen LogP contribution in [0.3, 0.4) is 0 Å². The lowest BCUT2D eigenvalue weighted by Gasteiger charge is -2.19. The second-order valence-electron chi connectivity index (χ2n) is 7.42. The number of pyridine rings is 1. The molecule has 0 spiro atoms. The van der Waals surface area contributed by atoms with Crippen molar-refractivity contribution < 1.29 is 9.53 Å². The summed E-state index contributed by atoms with van der Waals surface area (Å²) in [6.07, 6.45) is 2.57. The van der Waals surface area contributed by atoms with Gasteiger partial charge in [0.1, 0.15) is 11.9 Å². The van der Waals surface area contributed by atoms with Crippen molar-refractivity contribution in [2.24, 2.45) is 5.41 Å². The summed E-state index contributed by atoms with van der Waals surface area (Å²) in [6.45, 7) is 8.34. The van der Waals surface area contributed by atoms with E-state index in [0.717, 1.165) is 23.4 Å². The normalized spacial score (nSPS) is 16.4. The average Bonchev–Trinajstić information content (AvgIpc) is 2.94. The van der Waals surface area contributed by atoms with Crippen molar-refractivity contribution in [3.63, 3.8) is 0 Å². The summed E-state index contributed by atoms with van der Waals surface area (Å²) in [5.74, 6) is 0.942. The number of hydrogen-bond donors (Lipinski definition) is 1. The first-order chi connectivity index (χ1) is 11.3. The van der Waals surface area contributed by atoms with E-state index in [0.29, 0.717) is 6.54 Å². The lowest BCUT2D eigenvalue weighted by Crippen LogP contribution is -2.40. The van der Waals surface area contributed by atoms with Gasteiger partial charge in [-0.2, -0.15) is 0 Å². The number of carbonyl (C=O) groups excluding carboxylic acids is 1. The average molecular weight is 324 g/mol. The van der Waals surface area contributed by atoms with E-state index in [2.05, 4.69) is 29.4 Å². The number of nitrogens with one attached hydrogen (secondary N) is 1. The smallest absolute Gasteiger partial charge is 0.225 e. The molecule has 1 N–H and O–H groups in total. The van der Waals surface area contributed by atoms with Gasteiger partial charge in [0.05, 0.1) is 12.2 Å². The molecule has 0 fully saturated rings. The molecule has 1 amide bonds. The standard InChI is InChI=1S/C20H24N2O2/c1-13-9-14-11-15(12-22-19(23)20(2,3)4)24-18(14)16(10-13)17-7-5-6-8-21-17/h5-10,15H,11-12H2,1-4H3,(H,22,23)/t15-/m0/s1. The van der Waals surface area contributed by atoms with Crippen LogP contribution in [0.1, 0.15) is 31.9 Å². The van der Waals surface area contributed by atoms with Crippen LogP contribution in [-0.4, -0.2) is 23.5 Å². The number of hydrogen-bond acceptors (Lipinski definition) is 3. The van der Waals surface area contributed by atoms with E-state index in [4.69, 9.17) is 4.74 Å². The van der Waals surface area contributed by atoms with Gasteiger partial charge in [-0.25, -0.2) is 0 Å². The number of aromatic nitrogens is 1. The molecular weight excluding hydrogens is 300 g/mol. The summed E-state index contributed by atoms with van der Waals surface area (Å²) in [4.78, 5) is 16.5. The highest BCUT2D eigenvalue weighted by Gasteiger charge is 2.28. The Morgan fingerprint density at radius 1 is 1.33 bits per heavy atom. The fraction of sp³-hybridized carbons (Fsp3) is 0.400. The van der Waals surface area contributed by atoms with Crippen molar-refractivity contribution in [2.75, 3.05) is 6.54 Å². The largest absolute Gasteiger partial charge is 0.487 e. The van der Waals surface area contributed by atoms with Gasteiger partial charge >= 0.3 is 0 Å². The second kappa shape index (κ2) is 6.27. The molecule has 4 heteroatoms. The molecule has 1 aliphatic heterocycles. The molecule has 126 valence electrons. The van der Waals surface area contributed by atoms with E-state index < -0.39 is 0 Å². The molecule has 0 saturated heterocycles. The molecular formula is C20H24N2O2. The second-order valence-corrected chi connectivity index (χ2v) is 7.42. The summed E-state index contributed by atoms with van der Waals surface area (Å²) in [5, 5.41) is 2.99. The molecule has 0 saturated carbocycles. The summed E-state index contributed by atoms with van der Waals surface area (Å²) in [7, 11) is 0. The van der Waals surface area contributed by atoms with Crippen molar-refractivity contribution in [3.05, 3.63) is 47.7 Å². The topological polar surface area (TPSA) is 51.2 Å². The van der Waals surface area contributed by atoms with Crippen LogP contribution in [0.5, 0.6) is 5.75 Å². The van der Waals surface area contributed by atoms with Crippen LogP contribution in [0.25, 0.3) is 11.3 Å². The molecule has 0 unspecified atom stereocenters. The molecule has 24 heavy (non-hydrogen) atoms. The molecule has 4 nitrogen and oxygen atoms in total. The van der Waals surface area contributed by atoms with Gasteiger partial charge in [0.2, 0.25) is 5.91 Å². The van der Waals surface area contributed by atoms with Crippen LogP contribution in [-0.2, 0) is 11.2 Å². The lowest BCUT2D eigenvalue weighted by atomic mass is 9.95. The minimum Gasteiger partial charge on any atom is -0.487 e. The SMILES string of the molecule is Cc1cc2c(c(-c3ccccn3)c1)O[C@H](CNC(=O)C(C)(C)C)C2. The minimum atomic E-state index is -0.388. The van der Waals surface area contributed by atoms with E-state index in [1.54, 1.807) is 6.20 Å². The maximum absolute atomic E-state index is 12.1. The number of aryl methyl sites for hydroxylation is 1. The zero-order valence-electron chi connectivity index (χ0n) is 14.7. The summed E-state index contributed by atoms with van der Waals surface area (Å²) in [6, 6.07) is 10.1. The number of amides is 1. The van der Waals surface area contributed by atoms with Crippen molar-refractivity contribution in [1.82, 2.24) is 10.3 Å². The molecule has 1 atom stereocenters. The molecule has 2 heterocycles. The Balaban J connectivity index is 1.79. The number of ether oxygens (including phenoxy) is 1. The fourth-order valence-corrected chi connectivity index (χ4v) is 2.89. The van der Waals surface area contributed by atoms with Gasteiger partial charge in [0, 0.05) is 23.6 Å². The van der Waals surface area contributed by atoms with Crippen molar-refractivity contribution >= 4 is 5.91 Å². The predicted molar refractivity (Wildman–Crippen MR) is 95.0 cm³/mol. The molecule has 0 radical (unpaired) electrons. The lowest BCUT2D eigenvalue weighted by molar-refractivity contribution is -0.128. The predicted octanol–water partition coefficient (Wildman–Crippen LogP) is 3.52. The van der Waals surface area contributed by atoms with Crippen LogP contribution in [0.2, 0.25) is 0 Å². The maximum Gasteiger partial charge on any atom is 0.225 e. The summed E-state index contributed by atoms with van der Waals surface area (Å²) >= 11 is 0. The number of benzene rings is 1. The van der Waals surface area contributed by atoms with Crippen molar-refractivity contribution in [2.45, 2.75) is 40.2 Å². The van der Waals surface area contributed by atoms with Gasteiger partial charge in [-0.1, -0.05) is 32.9 Å². The first-order valence-corrected chi connectivity index (χ1v) is 8.34. The van der Waals surface area contributed by atoms with Gasteiger partial charge < -0.3 is 10.1 Å².